The molecule has 0 N–H and O–H groups in total. The second-order valence-electron chi connectivity index (χ2n) is 5.11. The average molecular weight is 298 g/mol. The van der Waals surface area contributed by atoms with Gasteiger partial charge in [0.1, 0.15) is 6.10 Å². The van der Waals surface area contributed by atoms with Crippen LogP contribution in [0.4, 0.5) is 0 Å². The molecule has 22 heavy (non-hydrogen) atoms. The van der Waals surface area contributed by atoms with Crippen LogP contribution in [0.2, 0.25) is 0 Å². The van der Waals surface area contributed by atoms with E-state index < -0.39 is 0 Å². The van der Waals surface area contributed by atoms with Gasteiger partial charge in [-0.15, -0.1) is 0 Å². The summed E-state index contributed by atoms with van der Waals surface area (Å²) in [5, 5.41) is 0. The van der Waals surface area contributed by atoms with Crippen LogP contribution >= 0.6 is 0 Å². The quantitative estimate of drug-likeness (QED) is 0.798. The molecule has 0 fully saturated rings. The van der Waals surface area contributed by atoms with Gasteiger partial charge in [0.05, 0.1) is 13.2 Å². The Kier molecular flexibility index (Phi) is 6.65. The summed E-state index contributed by atoms with van der Waals surface area (Å²) in [5.74, 6) is 0. The number of rotatable bonds is 4. The van der Waals surface area contributed by atoms with E-state index in [4.69, 9.17) is 9.47 Å². The van der Waals surface area contributed by atoms with Gasteiger partial charge in [-0.25, -0.2) is 0 Å². The normalized spacial score (nSPS) is 14.0. The van der Waals surface area contributed by atoms with Crippen molar-refractivity contribution in [1.29, 1.82) is 0 Å². The molecule has 0 radical (unpaired) electrons. The van der Waals surface area contributed by atoms with Crippen molar-refractivity contribution >= 4 is 6.47 Å². The molecule has 1 atom stereocenters. The molecule has 3 heteroatoms. The lowest BCUT2D eigenvalue weighted by atomic mass is 10.0. The van der Waals surface area contributed by atoms with E-state index in [9.17, 15) is 4.79 Å². The molecule has 0 amide bonds. The van der Waals surface area contributed by atoms with Gasteiger partial charge in [-0.1, -0.05) is 61.5 Å². The van der Waals surface area contributed by atoms with E-state index in [0.29, 0.717) is 6.47 Å². The van der Waals surface area contributed by atoms with Gasteiger partial charge in [-0.05, 0) is 29.5 Å². The van der Waals surface area contributed by atoms with Crippen molar-refractivity contribution in [3.8, 4) is 0 Å². The molecule has 0 saturated heterocycles. The fourth-order valence-corrected chi connectivity index (χ4v) is 2.45. The highest BCUT2D eigenvalue weighted by atomic mass is 16.5. The molecule has 0 aromatic heterocycles. The Bertz CT molecular complexity index is 541. The molecular formula is C19H22O3. The maximum Gasteiger partial charge on any atom is 0.293 e. The molecule has 3 rings (SSSR count). The smallest absolute Gasteiger partial charge is 0.293 e. The Labute approximate surface area is 131 Å². The molecule has 2 aromatic carbocycles. The molecule has 1 aliphatic rings. The Morgan fingerprint density at radius 2 is 1.77 bits per heavy atom. The monoisotopic (exact) mass is 298 g/mol. The van der Waals surface area contributed by atoms with E-state index in [2.05, 4.69) is 24.3 Å². The zero-order chi connectivity index (χ0) is 15.6. The van der Waals surface area contributed by atoms with Crippen molar-refractivity contribution in [2.24, 2.45) is 0 Å². The fraction of sp³-hybridized carbons (Fsp3) is 0.316. The summed E-state index contributed by atoms with van der Waals surface area (Å²) in [5.41, 5.74) is 3.86. The second-order valence-corrected chi connectivity index (χ2v) is 5.11. The summed E-state index contributed by atoms with van der Waals surface area (Å²) >= 11 is 0. The van der Waals surface area contributed by atoms with Crippen molar-refractivity contribution in [3.05, 3.63) is 71.3 Å². The van der Waals surface area contributed by atoms with Crippen LogP contribution in [0.15, 0.2) is 54.6 Å². The molecule has 116 valence electrons. The SMILES string of the molecule is CCC(OC=O)c1ccccc1.c1ccc2c(c1)CCOC2. The fourth-order valence-electron chi connectivity index (χ4n) is 2.45. The number of fused-ring (bicyclic) bond motifs is 1. The third-order valence-electron chi connectivity index (χ3n) is 3.65. The number of carbonyl (C=O) groups excluding carboxylic acids is 1. The van der Waals surface area contributed by atoms with Gasteiger partial charge in [0.25, 0.3) is 6.47 Å². The highest BCUT2D eigenvalue weighted by molar-refractivity contribution is 5.38. The van der Waals surface area contributed by atoms with Crippen molar-refractivity contribution in [1.82, 2.24) is 0 Å². The zero-order valence-electron chi connectivity index (χ0n) is 12.9. The second kappa shape index (κ2) is 9.00. The molecule has 1 heterocycles. The van der Waals surface area contributed by atoms with Gasteiger partial charge >= 0.3 is 0 Å². The lowest BCUT2D eigenvalue weighted by molar-refractivity contribution is -0.134. The van der Waals surface area contributed by atoms with Gasteiger partial charge in [-0.3, -0.25) is 4.79 Å². The Hall–Kier alpha value is -2.13. The predicted molar refractivity (Wildman–Crippen MR) is 86.4 cm³/mol. The molecule has 0 saturated carbocycles. The highest BCUT2D eigenvalue weighted by Gasteiger charge is 2.07. The van der Waals surface area contributed by atoms with E-state index in [1.165, 1.54) is 11.1 Å². The number of carbonyl (C=O) groups is 1. The first kappa shape index (κ1) is 16.2. The molecular weight excluding hydrogens is 276 g/mol. The summed E-state index contributed by atoms with van der Waals surface area (Å²) in [4.78, 5) is 10.1. The van der Waals surface area contributed by atoms with Crippen LogP contribution in [-0.2, 0) is 27.3 Å². The highest BCUT2D eigenvalue weighted by Crippen LogP contribution is 2.19. The first-order valence-corrected chi connectivity index (χ1v) is 7.63. The van der Waals surface area contributed by atoms with Crippen LogP contribution in [-0.4, -0.2) is 13.1 Å². The van der Waals surface area contributed by atoms with E-state index >= 15 is 0 Å². The van der Waals surface area contributed by atoms with Gasteiger partial charge in [-0.2, -0.15) is 0 Å². The van der Waals surface area contributed by atoms with Gasteiger partial charge in [0.2, 0.25) is 0 Å². The topological polar surface area (TPSA) is 35.5 Å². The van der Waals surface area contributed by atoms with Gasteiger partial charge in [0.15, 0.2) is 0 Å². The molecule has 0 bridgehead atoms. The lowest BCUT2D eigenvalue weighted by Gasteiger charge is -2.14. The summed E-state index contributed by atoms with van der Waals surface area (Å²) < 4.78 is 10.2. The Morgan fingerprint density at radius 3 is 2.41 bits per heavy atom. The number of ether oxygens (including phenoxy) is 2. The maximum atomic E-state index is 10.1. The summed E-state index contributed by atoms with van der Waals surface area (Å²) in [6, 6.07) is 18.2. The molecule has 0 spiro atoms. The maximum absolute atomic E-state index is 10.1. The minimum atomic E-state index is -0.0938. The average Bonchev–Trinajstić information content (AvgIpc) is 2.61. The molecule has 1 unspecified atom stereocenters. The van der Waals surface area contributed by atoms with Crippen LogP contribution in [0, 0.1) is 0 Å². The van der Waals surface area contributed by atoms with Gasteiger partial charge < -0.3 is 9.47 Å². The minimum Gasteiger partial charge on any atom is -0.460 e. The van der Waals surface area contributed by atoms with E-state index in [0.717, 1.165) is 31.6 Å². The summed E-state index contributed by atoms with van der Waals surface area (Å²) in [6.45, 7) is 4.18. The molecule has 2 aromatic rings. The molecule has 0 aliphatic carbocycles. The van der Waals surface area contributed by atoms with E-state index in [1.54, 1.807) is 0 Å². The molecule has 1 aliphatic heterocycles. The van der Waals surface area contributed by atoms with Crippen LogP contribution < -0.4 is 0 Å². The standard InChI is InChI=1S/C10H12O2.C9H10O/c1-2-10(12-8-11)9-6-4-3-5-7-9;1-2-4-9-7-10-6-5-8(9)3-1/h3-8,10H,2H2,1H3;1-4H,5-7H2. The Morgan fingerprint density at radius 1 is 1.09 bits per heavy atom. The third-order valence-corrected chi connectivity index (χ3v) is 3.65. The number of benzene rings is 2. The first-order chi connectivity index (χ1) is 10.8. The predicted octanol–water partition coefficient (Wildman–Crippen LogP) is 4.07. The largest absolute Gasteiger partial charge is 0.460 e. The van der Waals surface area contributed by atoms with E-state index in [-0.39, 0.29) is 6.10 Å². The van der Waals surface area contributed by atoms with Crippen LogP contribution in [0.5, 0.6) is 0 Å². The summed E-state index contributed by atoms with van der Waals surface area (Å²) in [7, 11) is 0. The van der Waals surface area contributed by atoms with Crippen molar-refractivity contribution in [2.45, 2.75) is 32.5 Å². The first-order valence-electron chi connectivity index (χ1n) is 7.63. The van der Waals surface area contributed by atoms with Crippen molar-refractivity contribution < 1.29 is 14.3 Å². The van der Waals surface area contributed by atoms with Crippen molar-refractivity contribution in [2.75, 3.05) is 6.61 Å². The number of hydrogen-bond donors (Lipinski definition) is 0. The van der Waals surface area contributed by atoms with Crippen molar-refractivity contribution in [3.63, 3.8) is 0 Å². The number of hydrogen-bond acceptors (Lipinski definition) is 3. The van der Waals surface area contributed by atoms with Gasteiger partial charge in [0, 0.05) is 0 Å². The third kappa shape index (κ3) is 4.71. The lowest BCUT2D eigenvalue weighted by Crippen LogP contribution is -2.08. The molecule has 3 nitrogen and oxygen atoms in total. The summed E-state index contributed by atoms with van der Waals surface area (Å²) in [6.07, 6.45) is 1.79. The minimum absolute atomic E-state index is 0.0938. The van der Waals surface area contributed by atoms with E-state index in [1.807, 2.05) is 37.3 Å². The zero-order valence-corrected chi connectivity index (χ0v) is 12.9. The van der Waals surface area contributed by atoms with Crippen LogP contribution in [0.3, 0.4) is 0 Å². The Balaban J connectivity index is 0.000000162. The van der Waals surface area contributed by atoms with Crippen LogP contribution in [0.25, 0.3) is 0 Å². The van der Waals surface area contributed by atoms with Crippen LogP contribution in [0.1, 0.15) is 36.1 Å².